The van der Waals surface area contributed by atoms with Gasteiger partial charge >= 0.3 is 0 Å². The summed E-state index contributed by atoms with van der Waals surface area (Å²) >= 11 is 6.60. The molecule has 0 aromatic heterocycles. The molecule has 0 fully saturated rings. The van der Waals surface area contributed by atoms with Gasteiger partial charge in [-0.15, -0.1) is 0 Å². The van der Waals surface area contributed by atoms with Gasteiger partial charge in [0.05, 0.1) is 18.8 Å². The zero-order valence-corrected chi connectivity index (χ0v) is 15.3. The van der Waals surface area contributed by atoms with Crippen molar-refractivity contribution in [2.75, 3.05) is 12.4 Å². The van der Waals surface area contributed by atoms with Gasteiger partial charge in [-0.05, 0) is 40.8 Å². The van der Waals surface area contributed by atoms with E-state index in [2.05, 4.69) is 59.9 Å². The standard InChI is InChI=1S/C23H20ClNO/c1-26-20-13-12-19(24)21-16-9-5-11-18(16)22(25-23(20)21)17-10-4-7-14-6-2-3-8-15(14)17/h2-10,12-13,16,18,22,25H,11H2,1H3/t16-,18+,22+/m0/s1. The number of benzene rings is 3. The van der Waals surface area contributed by atoms with Crippen LogP contribution in [-0.2, 0) is 0 Å². The summed E-state index contributed by atoms with van der Waals surface area (Å²) in [6.45, 7) is 0. The van der Waals surface area contributed by atoms with E-state index in [1.54, 1.807) is 7.11 Å². The minimum Gasteiger partial charge on any atom is -0.495 e. The van der Waals surface area contributed by atoms with Crippen LogP contribution in [0.2, 0.25) is 5.02 Å². The number of allylic oxidation sites excluding steroid dienone is 2. The minimum atomic E-state index is 0.223. The maximum absolute atomic E-state index is 6.60. The Bertz CT molecular complexity index is 1020. The number of hydrogen-bond acceptors (Lipinski definition) is 2. The average Bonchev–Trinajstić information content (AvgIpc) is 3.17. The van der Waals surface area contributed by atoms with E-state index < -0.39 is 0 Å². The van der Waals surface area contributed by atoms with E-state index in [1.165, 1.54) is 21.9 Å². The smallest absolute Gasteiger partial charge is 0.142 e. The van der Waals surface area contributed by atoms with Crippen LogP contribution in [0.3, 0.4) is 0 Å². The first-order chi connectivity index (χ1) is 12.8. The Hall–Kier alpha value is -2.45. The lowest BCUT2D eigenvalue weighted by atomic mass is 9.76. The van der Waals surface area contributed by atoms with E-state index in [0.717, 1.165) is 22.9 Å². The van der Waals surface area contributed by atoms with Gasteiger partial charge in [-0.2, -0.15) is 0 Å². The van der Waals surface area contributed by atoms with Gasteiger partial charge in [0.15, 0.2) is 0 Å². The quantitative estimate of drug-likeness (QED) is 0.538. The molecule has 3 heteroatoms. The highest BCUT2D eigenvalue weighted by atomic mass is 35.5. The van der Waals surface area contributed by atoms with Crippen LogP contribution in [0.1, 0.15) is 29.5 Å². The lowest BCUT2D eigenvalue weighted by Crippen LogP contribution is -2.29. The van der Waals surface area contributed by atoms with Gasteiger partial charge in [-0.1, -0.05) is 66.2 Å². The Morgan fingerprint density at radius 2 is 1.88 bits per heavy atom. The Morgan fingerprint density at radius 1 is 1.04 bits per heavy atom. The number of halogens is 1. The molecule has 0 spiro atoms. The van der Waals surface area contributed by atoms with Crippen molar-refractivity contribution in [1.82, 2.24) is 0 Å². The van der Waals surface area contributed by atoms with E-state index in [1.807, 2.05) is 12.1 Å². The molecule has 0 saturated heterocycles. The number of rotatable bonds is 2. The first-order valence-corrected chi connectivity index (χ1v) is 9.43. The summed E-state index contributed by atoms with van der Waals surface area (Å²) in [5, 5.41) is 7.18. The van der Waals surface area contributed by atoms with Crippen LogP contribution < -0.4 is 10.1 Å². The maximum atomic E-state index is 6.60. The fourth-order valence-electron chi connectivity index (χ4n) is 4.64. The first-order valence-electron chi connectivity index (χ1n) is 9.05. The molecule has 0 radical (unpaired) electrons. The molecule has 0 bridgehead atoms. The van der Waals surface area contributed by atoms with Crippen molar-refractivity contribution in [3.63, 3.8) is 0 Å². The monoisotopic (exact) mass is 361 g/mol. The number of nitrogens with one attached hydrogen (secondary N) is 1. The van der Waals surface area contributed by atoms with E-state index in [-0.39, 0.29) is 6.04 Å². The number of fused-ring (bicyclic) bond motifs is 4. The third kappa shape index (κ3) is 2.25. The second kappa shape index (κ2) is 6.07. The Labute approximate surface area is 158 Å². The van der Waals surface area contributed by atoms with Crippen molar-refractivity contribution in [3.8, 4) is 5.75 Å². The minimum absolute atomic E-state index is 0.223. The number of ether oxygens (including phenoxy) is 1. The molecule has 3 atom stereocenters. The zero-order chi connectivity index (χ0) is 17.7. The first kappa shape index (κ1) is 15.8. The molecule has 0 amide bonds. The summed E-state index contributed by atoms with van der Waals surface area (Å²) < 4.78 is 5.64. The molecule has 130 valence electrons. The van der Waals surface area contributed by atoms with Crippen molar-refractivity contribution in [2.45, 2.75) is 18.4 Å². The van der Waals surface area contributed by atoms with Gasteiger partial charge in [-0.3, -0.25) is 0 Å². The molecule has 5 rings (SSSR count). The molecule has 1 N–H and O–H groups in total. The van der Waals surface area contributed by atoms with Crippen LogP contribution in [0, 0.1) is 5.92 Å². The van der Waals surface area contributed by atoms with Crippen LogP contribution in [0.5, 0.6) is 5.75 Å². The molecular weight excluding hydrogens is 342 g/mol. The predicted molar refractivity (Wildman–Crippen MR) is 108 cm³/mol. The summed E-state index contributed by atoms with van der Waals surface area (Å²) in [7, 11) is 1.72. The normalized spacial score (nSPS) is 23.4. The largest absolute Gasteiger partial charge is 0.495 e. The molecule has 26 heavy (non-hydrogen) atoms. The van der Waals surface area contributed by atoms with E-state index >= 15 is 0 Å². The second-order valence-corrected chi connectivity index (χ2v) is 7.49. The third-order valence-corrected chi connectivity index (χ3v) is 6.14. The molecule has 1 aliphatic heterocycles. The number of anilines is 1. The molecule has 2 nitrogen and oxygen atoms in total. The summed E-state index contributed by atoms with van der Waals surface area (Å²) in [6.07, 6.45) is 5.66. The van der Waals surface area contributed by atoms with Crippen molar-refractivity contribution in [3.05, 3.63) is 82.9 Å². The van der Waals surface area contributed by atoms with Crippen LogP contribution >= 0.6 is 11.6 Å². The fraction of sp³-hybridized carbons (Fsp3) is 0.217. The van der Waals surface area contributed by atoms with Crippen LogP contribution in [0.25, 0.3) is 10.8 Å². The van der Waals surface area contributed by atoms with Gasteiger partial charge in [0.2, 0.25) is 0 Å². The maximum Gasteiger partial charge on any atom is 0.142 e. The van der Waals surface area contributed by atoms with Crippen molar-refractivity contribution >= 4 is 28.1 Å². The molecule has 1 heterocycles. The Morgan fingerprint density at radius 3 is 2.77 bits per heavy atom. The van der Waals surface area contributed by atoms with Crippen molar-refractivity contribution < 1.29 is 4.74 Å². The fourth-order valence-corrected chi connectivity index (χ4v) is 4.92. The third-order valence-electron chi connectivity index (χ3n) is 5.81. The van der Waals surface area contributed by atoms with Gasteiger partial charge in [0, 0.05) is 16.5 Å². The molecule has 1 aliphatic carbocycles. The molecular formula is C23H20ClNO. The number of methoxy groups -OCH3 is 1. The molecule has 0 saturated carbocycles. The van der Waals surface area contributed by atoms with Gasteiger partial charge in [0.1, 0.15) is 5.75 Å². The summed E-state index contributed by atoms with van der Waals surface area (Å²) in [6, 6.07) is 19.3. The SMILES string of the molecule is COc1ccc(Cl)c2c1N[C@H](c1cccc3ccccc13)[C@@H]1CC=C[C@H]21. The van der Waals surface area contributed by atoms with Crippen LogP contribution in [0.15, 0.2) is 66.7 Å². The highest BCUT2D eigenvalue weighted by Gasteiger charge is 2.40. The summed E-state index contributed by atoms with van der Waals surface area (Å²) in [5.41, 5.74) is 3.54. The lowest BCUT2D eigenvalue weighted by molar-refractivity contribution is 0.398. The average molecular weight is 362 g/mol. The molecule has 3 aromatic rings. The van der Waals surface area contributed by atoms with Gasteiger partial charge in [-0.25, -0.2) is 0 Å². The van der Waals surface area contributed by atoms with E-state index in [9.17, 15) is 0 Å². The van der Waals surface area contributed by atoms with E-state index in [0.29, 0.717) is 11.8 Å². The molecule has 0 unspecified atom stereocenters. The second-order valence-electron chi connectivity index (χ2n) is 7.08. The summed E-state index contributed by atoms with van der Waals surface area (Å²) in [4.78, 5) is 0. The van der Waals surface area contributed by atoms with Crippen molar-refractivity contribution in [2.24, 2.45) is 5.92 Å². The molecule has 3 aromatic carbocycles. The topological polar surface area (TPSA) is 21.3 Å². The van der Waals surface area contributed by atoms with Crippen LogP contribution in [-0.4, -0.2) is 7.11 Å². The van der Waals surface area contributed by atoms with Gasteiger partial charge < -0.3 is 10.1 Å². The zero-order valence-electron chi connectivity index (χ0n) is 14.6. The highest BCUT2D eigenvalue weighted by Crippen LogP contribution is 2.54. The molecule has 2 aliphatic rings. The predicted octanol–water partition coefficient (Wildman–Crippen LogP) is 6.33. The van der Waals surface area contributed by atoms with Crippen molar-refractivity contribution in [1.29, 1.82) is 0 Å². The highest BCUT2D eigenvalue weighted by molar-refractivity contribution is 6.32. The summed E-state index contributed by atoms with van der Waals surface area (Å²) in [5.74, 6) is 1.63. The van der Waals surface area contributed by atoms with E-state index in [4.69, 9.17) is 16.3 Å². The lowest BCUT2D eigenvalue weighted by Gasteiger charge is -2.39. The number of hydrogen-bond donors (Lipinski definition) is 1. The van der Waals surface area contributed by atoms with Gasteiger partial charge in [0.25, 0.3) is 0 Å². The van der Waals surface area contributed by atoms with Crippen LogP contribution in [0.4, 0.5) is 5.69 Å². The Kier molecular flexibility index (Phi) is 3.68. The Balaban J connectivity index is 1.71.